The topological polar surface area (TPSA) is 74.9 Å². The van der Waals surface area contributed by atoms with Crippen molar-refractivity contribution in [3.05, 3.63) is 0 Å². The van der Waals surface area contributed by atoms with Gasteiger partial charge >= 0.3 is 0 Å². The van der Waals surface area contributed by atoms with E-state index in [0.717, 1.165) is 26.1 Å². The molecule has 1 fully saturated rings. The molecule has 6 heteroatoms. The maximum absolute atomic E-state index is 5.42. The molecular weight excluding hydrogens is 218 g/mol. The molecule has 0 aliphatic carbocycles. The number of methoxy groups -OCH3 is 1. The number of guanidine groups is 1. The van der Waals surface area contributed by atoms with Gasteiger partial charge in [-0.05, 0) is 32.9 Å². The number of hydrogen-bond acceptors (Lipinski definition) is 4. The molecule has 6 nitrogen and oxygen atoms in total. The quantitative estimate of drug-likeness (QED) is 0.193. The van der Waals surface area contributed by atoms with Gasteiger partial charge in [-0.3, -0.25) is 10.4 Å². The molecule has 17 heavy (non-hydrogen) atoms. The van der Waals surface area contributed by atoms with Crippen molar-refractivity contribution >= 4 is 5.96 Å². The third-order valence-electron chi connectivity index (χ3n) is 3.09. The zero-order chi connectivity index (χ0) is 12.5. The average molecular weight is 243 g/mol. The Balaban J connectivity index is 2.23. The van der Waals surface area contributed by atoms with Gasteiger partial charge < -0.3 is 15.0 Å². The highest BCUT2D eigenvalue weighted by molar-refractivity contribution is 5.79. The summed E-state index contributed by atoms with van der Waals surface area (Å²) in [6.07, 6.45) is 3.44. The van der Waals surface area contributed by atoms with Crippen molar-refractivity contribution in [3.8, 4) is 0 Å². The summed E-state index contributed by atoms with van der Waals surface area (Å²) in [6, 6.07) is 0.555. The van der Waals surface area contributed by atoms with Crippen molar-refractivity contribution in [1.29, 1.82) is 0 Å². The lowest BCUT2D eigenvalue weighted by Crippen LogP contribution is -2.43. The second kappa shape index (κ2) is 8.27. The molecule has 1 unspecified atom stereocenters. The van der Waals surface area contributed by atoms with E-state index < -0.39 is 0 Å². The van der Waals surface area contributed by atoms with Crippen LogP contribution in [-0.4, -0.2) is 57.3 Å². The molecule has 0 aromatic heterocycles. The lowest BCUT2D eigenvalue weighted by Gasteiger charge is -2.17. The maximum Gasteiger partial charge on any atom is 0.205 e. The monoisotopic (exact) mass is 243 g/mol. The standard InChI is InChI=1S/C11H25N5O/c1-16-7-3-5-10(16)9-14-11(15-12)13-6-4-8-17-2/h10H,3-9,12H2,1-2H3,(H2,13,14,15). The van der Waals surface area contributed by atoms with E-state index in [1.165, 1.54) is 19.4 Å². The summed E-state index contributed by atoms with van der Waals surface area (Å²) in [4.78, 5) is 6.81. The third-order valence-corrected chi connectivity index (χ3v) is 3.09. The zero-order valence-electron chi connectivity index (χ0n) is 10.9. The van der Waals surface area contributed by atoms with Gasteiger partial charge in [0.2, 0.25) is 5.96 Å². The van der Waals surface area contributed by atoms with Crippen LogP contribution in [0.4, 0.5) is 0 Å². The van der Waals surface area contributed by atoms with E-state index in [-0.39, 0.29) is 0 Å². The molecule has 1 aliphatic rings. The molecular formula is C11H25N5O. The number of likely N-dealkylation sites (N-methyl/N-ethyl adjacent to an activating group) is 1. The van der Waals surface area contributed by atoms with Crippen molar-refractivity contribution in [2.75, 3.05) is 40.4 Å². The fourth-order valence-electron chi connectivity index (χ4n) is 1.98. The number of likely N-dealkylation sites (tertiary alicyclic amines) is 1. The van der Waals surface area contributed by atoms with Crippen molar-refractivity contribution in [3.63, 3.8) is 0 Å². The molecule has 100 valence electrons. The van der Waals surface area contributed by atoms with Crippen molar-refractivity contribution in [1.82, 2.24) is 15.6 Å². The molecule has 0 spiro atoms. The molecule has 0 saturated carbocycles. The molecule has 0 aromatic carbocycles. The molecule has 1 aliphatic heterocycles. The van der Waals surface area contributed by atoms with Crippen LogP contribution in [0.3, 0.4) is 0 Å². The van der Waals surface area contributed by atoms with Gasteiger partial charge in [0.15, 0.2) is 0 Å². The number of nitrogens with one attached hydrogen (secondary N) is 2. The van der Waals surface area contributed by atoms with Crippen LogP contribution in [0.2, 0.25) is 0 Å². The highest BCUT2D eigenvalue weighted by Gasteiger charge is 2.20. The molecule has 1 rings (SSSR count). The van der Waals surface area contributed by atoms with Gasteiger partial charge in [0, 0.05) is 26.3 Å². The highest BCUT2D eigenvalue weighted by atomic mass is 16.5. The second-order valence-electron chi connectivity index (χ2n) is 4.38. The fraction of sp³-hybridized carbons (Fsp3) is 0.909. The largest absolute Gasteiger partial charge is 0.385 e. The molecule has 0 amide bonds. The van der Waals surface area contributed by atoms with E-state index in [4.69, 9.17) is 10.6 Å². The summed E-state index contributed by atoms with van der Waals surface area (Å²) < 4.78 is 4.97. The van der Waals surface area contributed by atoms with E-state index in [9.17, 15) is 0 Å². The van der Waals surface area contributed by atoms with Gasteiger partial charge in [-0.15, -0.1) is 0 Å². The number of nitrogens with two attached hydrogens (primary N) is 1. The summed E-state index contributed by atoms with van der Waals surface area (Å²) in [6.45, 7) is 3.54. The maximum atomic E-state index is 5.42. The number of rotatable bonds is 6. The summed E-state index contributed by atoms with van der Waals surface area (Å²) in [5.74, 6) is 6.09. The van der Waals surface area contributed by atoms with Crippen LogP contribution in [0.15, 0.2) is 4.99 Å². The summed E-state index contributed by atoms with van der Waals surface area (Å²) >= 11 is 0. The first-order valence-corrected chi connectivity index (χ1v) is 6.22. The number of aliphatic imine (C=N–C) groups is 1. The smallest absolute Gasteiger partial charge is 0.205 e. The van der Waals surface area contributed by atoms with Gasteiger partial charge in [0.25, 0.3) is 0 Å². The van der Waals surface area contributed by atoms with Crippen LogP contribution in [0, 0.1) is 0 Å². The minimum Gasteiger partial charge on any atom is -0.385 e. The van der Waals surface area contributed by atoms with E-state index in [1.54, 1.807) is 7.11 Å². The number of ether oxygens (including phenoxy) is 1. The van der Waals surface area contributed by atoms with E-state index in [0.29, 0.717) is 12.0 Å². The highest BCUT2D eigenvalue weighted by Crippen LogP contribution is 2.14. The normalized spacial score (nSPS) is 21.8. The Hall–Kier alpha value is -0.850. The molecule has 0 aromatic rings. The molecule has 0 bridgehead atoms. The lowest BCUT2D eigenvalue weighted by atomic mass is 10.2. The van der Waals surface area contributed by atoms with Gasteiger partial charge in [0.1, 0.15) is 0 Å². The second-order valence-corrected chi connectivity index (χ2v) is 4.38. The summed E-state index contributed by atoms with van der Waals surface area (Å²) in [5, 5.41) is 3.16. The first-order valence-electron chi connectivity index (χ1n) is 6.22. The Morgan fingerprint density at radius 1 is 1.59 bits per heavy atom. The van der Waals surface area contributed by atoms with Crippen molar-refractivity contribution < 1.29 is 4.74 Å². The van der Waals surface area contributed by atoms with Crippen LogP contribution in [0.5, 0.6) is 0 Å². The Morgan fingerprint density at radius 3 is 3.00 bits per heavy atom. The minimum absolute atomic E-state index is 0.555. The number of hydrazine groups is 1. The number of hydrogen-bond donors (Lipinski definition) is 3. The average Bonchev–Trinajstić information content (AvgIpc) is 2.74. The van der Waals surface area contributed by atoms with E-state index in [2.05, 4.69) is 27.7 Å². The van der Waals surface area contributed by atoms with Crippen LogP contribution in [-0.2, 0) is 4.74 Å². The van der Waals surface area contributed by atoms with Crippen LogP contribution >= 0.6 is 0 Å². The van der Waals surface area contributed by atoms with Crippen molar-refractivity contribution in [2.24, 2.45) is 10.8 Å². The van der Waals surface area contributed by atoms with Crippen LogP contribution in [0.1, 0.15) is 19.3 Å². The van der Waals surface area contributed by atoms with Gasteiger partial charge in [-0.25, -0.2) is 5.84 Å². The predicted molar refractivity (Wildman–Crippen MR) is 69.8 cm³/mol. The molecule has 1 atom stereocenters. The first kappa shape index (κ1) is 14.2. The molecule has 0 radical (unpaired) electrons. The fourth-order valence-corrected chi connectivity index (χ4v) is 1.98. The van der Waals surface area contributed by atoms with Gasteiger partial charge in [0.05, 0.1) is 6.54 Å². The van der Waals surface area contributed by atoms with E-state index in [1.807, 2.05) is 0 Å². The Morgan fingerprint density at radius 2 is 2.41 bits per heavy atom. The Bertz CT molecular complexity index is 234. The van der Waals surface area contributed by atoms with Crippen molar-refractivity contribution in [2.45, 2.75) is 25.3 Å². The molecule has 4 N–H and O–H groups in total. The van der Waals surface area contributed by atoms with Gasteiger partial charge in [-0.2, -0.15) is 0 Å². The Labute approximate surface area is 104 Å². The minimum atomic E-state index is 0.555. The summed E-state index contributed by atoms with van der Waals surface area (Å²) in [5.41, 5.74) is 2.60. The van der Waals surface area contributed by atoms with Gasteiger partial charge in [-0.1, -0.05) is 0 Å². The van der Waals surface area contributed by atoms with E-state index >= 15 is 0 Å². The zero-order valence-corrected chi connectivity index (χ0v) is 10.9. The Kier molecular flexibility index (Phi) is 6.91. The molecule has 1 saturated heterocycles. The van der Waals surface area contributed by atoms with Crippen LogP contribution in [0.25, 0.3) is 0 Å². The summed E-state index contributed by atoms with van der Waals surface area (Å²) in [7, 11) is 3.85. The SMILES string of the molecule is COCCCNC(=NCC1CCCN1C)NN. The predicted octanol–water partition coefficient (Wildman–Crippen LogP) is -0.474. The lowest BCUT2D eigenvalue weighted by molar-refractivity contribution is 0.195. The first-order chi connectivity index (χ1) is 8.27. The number of nitrogens with zero attached hydrogens (tertiary/aromatic N) is 2. The van der Waals surface area contributed by atoms with Crippen LogP contribution < -0.4 is 16.6 Å². The molecule has 1 heterocycles. The third kappa shape index (κ3) is 5.34.